The molecule has 0 fully saturated rings. The van der Waals surface area contributed by atoms with Crippen LogP contribution in [-0.4, -0.2) is 35.3 Å². The van der Waals surface area contributed by atoms with E-state index in [9.17, 15) is 0 Å². The summed E-state index contributed by atoms with van der Waals surface area (Å²) in [6.07, 6.45) is 0.871. The fourth-order valence-electron chi connectivity index (χ4n) is 1.35. The molecule has 9 nitrogen and oxygen atoms in total. The van der Waals surface area contributed by atoms with Crippen LogP contribution in [0.3, 0.4) is 0 Å². The third-order valence-electron chi connectivity index (χ3n) is 2.07. The van der Waals surface area contributed by atoms with E-state index in [2.05, 4.69) is 27.4 Å². The topological polar surface area (TPSA) is 152 Å². The van der Waals surface area contributed by atoms with Crippen molar-refractivity contribution in [1.82, 2.24) is 5.32 Å². The lowest BCUT2D eigenvalue weighted by Gasteiger charge is -2.03. The fraction of sp³-hybridized carbons (Fsp3) is 0.333. The van der Waals surface area contributed by atoms with Gasteiger partial charge in [-0.1, -0.05) is 30.3 Å². The maximum atomic E-state index is 8.36. The molecule has 0 aromatic heterocycles. The Balaban J connectivity index is 0.000000885. The summed E-state index contributed by atoms with van der Waals surface area (Å²) in [5.41, 5.74) is 11.9. The first-order valence-corrected chi connectivity index (χ1v) is 6.20. The molecule has 0 radical (unpaired) electrons. The molecule has 0 aliphatic heterocycles. The highest BCUT2D eigenvalue weighted by atomic mass is 16.9. The van der Waals surface area contributed by atoms with Crippen LogP contribution >= 0.6 is 0 Å². The van der Waals surface area contributed by atoms with Crippen LogP contribution in [0.2, 0.25) is 0 Å². The standard InChI is InChI=1S/C12H19N5.HNO3/c1-2-15-12(17-11(13)14)16-9-8-10-6-4-3-5-7-10;2-1(3)4/h3-7H,2,8-9H2,1H3,(H5,13,14,15,16,17);(H,2,3,4). The van der Waals surface area contributed by atoms with Gasteiger partial charge in [0, 0.05) is 13.1 Å². The first kappa shape index (κ1) is 18.2. The molecule has 0 unspecified atom stereocenters. The fourth-order valence-corrected chi connectivity index (χ4v) is 1.35. The van der Waals surface area contributed by atoms with Gasteiger partial charge in [-0.25, -0.2) is 0 Å². The number of benzene rings is 1. The Morgan fingerprint density at radius 1 is 1.38 bits per heavy atom. The molecule has 0 saturated heterocycles. The Bertz CT molecular complexity index is 467. The maximum absolute atomic E-state index is 8.36. The predicted octanol–water partition coefficient (Wildman–Crippen LogP) is 0.120. The molecule has 1 aromatic carbocycles. The predicted molar refractivity (Wildman–Crippen MR) is 80.7 cm³/mol. The van der Waals surface area contributed by atoms with Gasteiger partial charge in [-0.3, -0.25) is 4.99 Å². The van der Waals surface area contributed by atoms with Crippen molar-refractivity contribution in [1.29, 1.82) is 0 Å². The molecule has 0 bridgehead atoms. The van der Waals surface area contributed by atoms with Crippen LogP contribution in [0.5, 0.6) is 0 Å². The Morgan fingerprint density at radius 3 is 2.43 bits per heavy atom. The van der Waals surface area contributed by atoms with Gasteiger partial charge in [-0.2, -0.15) is 4.99 Å². The summed E-state index contributed by atoms with van der Waals surface area (Å²) >= 11 is 0. The average Bonchev–Trinajstić information content (AvgIpc) is 2.39. The van der Waals surface area contributed by atoms with Gasteiger partial charge in [0.25, 0.3) is 5.09 Å². The Kier molecular flexibility index (Phi) is 9.53. The number of nitrogens with zero attached hydrogens (tertiary/aromatic N) is 3. The zero-order valence-corrected chi connectivity index (χ0v) is 11.8. The van der Waals surface area contributed by atoms with Gasteiger partial charge >= 0.3 is 0 Å². The van der Waals surface area contributed by atoms with E-state index in [1.165, 1.54) is 5.56 Å². The monoisotopic (exact) mass is 296 g/mol. The molecule has 0 aliphatic carbocycles. The van der Waals surface area contributed by atoms with E-state index in [0.717, 1.165) is 13.0 Å². The highest BCUT2D eigenvalue weighted by Crippen LogP contribution is 1.99. The van der Waals surface area contributed by atoms with Crippen LogP contribution in [0, 0.1) is 10.1 Å². The molecule has 6 N–H and O–H groups in total. The lowest BCUT2D eigenvalue weighted by atomic mass is 10.2. The van der Waals surface area contributed by atoms with E-state index in [1.807, 2.05) is 25.1 Å². The molecule has 1 rings (SSSR count). The zero-order valence-electron chi connectivity index (χ0n) is 11.8. The molecule has 116 valence electrons. The van der Waals surface area contributed by atoms with Gasteiger partial charge in [0.15, 0.2) is 5.96 Å². The van der Waals surface area contributed by atoms with Crippen molar-refractivity contribution in [3.63, 3.8) is 0 Å². The number of aliphatic imine (C=N–C) groups is 2. The Morgan fingerprint density at radius 2 is 1.95 bits per heavy atom. The highest BCUT2D eigenvalue weighted by molar-refractivity contribution is 5.93. The van der Waals surface area contributed by atoms with E-state index in [4.69, 9.17) is 26.8 Å². The molecule has 9 heteroatoms. The minimum atomic E-state index is -1.50. The van der Waals surface area contributed by atoms with Gasteiger partial charge in [0.2, 0.25) is 5.96 Å². The second-order valence-corrected chi connectivity index (χ2v) is 3.75. The van der Waals surface area contributed by atoms with Crippen LogP contribution in [0.1, 0.15) is 12.5 Å². The van der Waals surface area contributed by atoms with Gasteiger partial charge in [-0.15, -0.1) is 10.1 Å². The first-order chi connectivity index (χ1) is 9.95. The second-order valence-electron chi connectivity index (χ2n) is 3.75. The van der Waals surface area contributed by atoms with Gasteiger partial charge < -0.3 is 22.0 Å². The minimum absolute atomic E-state index is 0.0180. The molecular weight excluding hydrogens is 276 g/mol. The van der Waals surface area contributed by atoms with E-state index in [-0.39, 0.29) is 5.96 Å². The van der Waals surface area contributed by atoms with Crippen LogP contribution < -0.4 is 16.8 Å². The SMILES string of the molecule is CCNC(N=C(N)N)=NCCc1ccccc1.O=[N+]([O-])O. The largest absolute Gasteiger partial charge is 0.370 e. The zero-order chi connectivity index (χ0) is 16.1. The van der Waals surface area contributed by atoms with Gasteiger partial charge in [0.1, 0.15) is 0 Å². The van der Waals surface area contributed by atoms with Crippen LogP contribution in [0.4, 0.5) is 0 Å². The number of nitrogens with one attached hydrogen (secondary N) is 1. The van der Waals surface area contributed by atoms with Crippen molar-refractivity contribution < 1.29 is 10.3 Å². The second kappa shape index (κ2) is 11.0. The number of rotatable bonds is 4. The average molecular weight is 296 g/mol. The molecule has 0 atom stereocenters. The third kappa shape index (κ3) is 12.0. The number of nitrogens with two attached hydrogens (primary N) is 2. The Labute approximate surface area is 122 Å². The van der Waals surface area contributed by atoms with E-state index in [1.54, 1.807) is 0 Å². The van der Waals surface area contributed by atoms with E-state index < -0.39 is 5.09 Å². The summed E-state index contributed by atoms with van der Waals surface area (Å²) in [6, 6.07) is 10.2. The third-order valence-corrected chi connectivity index (χ3v) is 2.07. The molecular formula is C12H20N6O3. The number of hydrogen-bond donors (Lipinski definition) is 4. The van der Waals surface area contributed by atoms with Gasteiger partial charge in [0.05, 0.1) is 0 Å². The van der Waals surface area contributed by atoms with E-state index in [0.29, 0.717) is 12.5 Å². The minimum Gasteiger partial charge on any atom is -0.370 e. The summed E-state index contributed by atoms with van der Waals surface area (Å²) in [6.45, 7) is 3.36. The summed E-state index contributed by atoms with van der Waals surface area (Å²) in [4.78, 5) is 16.6. The van der Waals surface area contributed by atoms with Crippen LogP contribution in [-0.2, 0) is 6.42 Å². The summed E-state index contributed by atoms with van der Waals surface area (Å²) < 4.78 is 0. The maximum Gasteiger partial charge on any atom is 0.291 e. The van der Waals surface area contributed by atoms with Crippen molar-refractivity contribution in [3.05, 3.63) is 46.0 Å². The molecule has 1 aromatic rings. The number of hydrogen-bond acceptors (Lipinski definition) is 3. The molecule has 0 aliphatic rings. The molecule has 0 spiro atoms. The van der Waals surface area contributed by atoms with Crippen LogP contribution in [0.15, 0.2) is 40.3 Å². The Hall–Kier alpha value is -2.84. The number of guanidine groups is 2. The molecule has 0 saturated carbocycles. The molecule has 21 heavy (non-hydrogen) atoms. The highest BCUT2D eigenvalue weighted by Gasteiger charge is 1.95. The van der Waals surface area contributed by atoms with Crippen LogP contribution in [0.25, 0.3) is 0 Å². The van der Waals surface area contributed by atoms with Gasteiger partial charge in [-0.05, 0) is 18.9 Å². The van der Waals surface area contributed by atoms with Crippen molar-refractivity contribution in [2.45, 2.75) is 13.3 Å². The van der Waals surface area contributed by atoms with Crippen molar-refractivity contribution >= 4 is 11.9 Å². The quantitative estimate of drug-likeness (QED) is 0.268. The molecule has 0 heterocycles. The normalized spacial score (nSPS) is 10.0. The van der Waals surface area contributed by atoms with E-state index >= 15 is 0 Å². The van der Waals surface area contributed by atoms with Crippen molar-refractivity contribution in [3.8, 4) is 0 Å². The lowest BCUT2D eigenvalue weighted by Crippen LogP contribution is -2.29. The first-order valence-electron chi connectivity index (χ1n) is 6.20. The van der Waals surface area contributed by atoms with Crippen molar-refractivity contribution in [2.24, 2.45) is 21.5 Å². The molecule has 0 amide bonds. The lowest BCUT2D eigenvalue weighted by molar-refractivity contribution is -0.742. The summed E-state index contributed by atoms with van der Waals surface area (Å²) in [7, 11) is 0. The summed E-state index contributed by atoms with van der Waals surface area (Å²) in [5.74, 6) is 0.507. The summed E-state index contributed by atoms with van der Waals surface area (Å²) in [5, 5.41) is 16.6. The van der Waals surface area contributed by atoms with Crippen molar-refractivity contribution in [2.75, 3.05) is 13.1 Å². The smallest absolute Gasteiger partial charge is 0.291 e.